The first-order chi connectivity index (χ1) is 14.0. The topological polar surface area (TPSA) is 77.1 Å². The van der Waals surface area contributed by atoms with Gasteiger partial charge in [0.15, 0.2) is 18.1 Å². The van der Waals surface area contributed by atoms with Crippen molar-refractivity contribution < 1.29 is 23.8 Å². The van der Waals surface area contributed by atoms with Gasteiger partial charge < -0.3 is 24.4 Å². The summed E-state index contributed by atoms with van der Waals surface area (Å²) in [7, 11) is 0. The minimum Gasteiger partial charge on any atom is -0.482 e. The zero-order valence-electron chi connectivity index (χ0n) is 15.3. The van der Waals surface area contributed by atoms with E-state index in [0.717, 1.165) is 5.69 Å². The predicted octanol–water partition coefficient (Wildman–Crippen LogP) is 3.27. The molecule has 0 bridgehead atoms. The average molecular weight is 437 g/mol. The molecule has 2 amide bonds. The van der Waals surface area contributed by atoms with Crippen LogP contribution in [0.25, 0.3) is 0 Å². The number of fused-ring (bicyclic) bond motifs is 1. The summed E-state index contributed by atoms with van der Waals surface area (Å²) in [5.74, 6) is 1.42. The first kappa shape index (κ1) is 19.7. The van der Waals surface area contributed by atoms with Gasteiger partial charge >= 0.3 is 0 Å². The van der Waals surface area contributed by atoms with E-state index < -0.39 is 0 Å². The summed E-state index contributed by atoms with van der Waals surface area (Å²) in [5.41, 5.74) is 0.758. The molecule has 2 heterocycles. The largest absolute Gasteiger partial charge is 0.482 e. The minimum absolute atomic E-state index is 0.00677. The van der Waals surface area contributed by atoms with Crippen LogP contribution in [0.5, 0.6) is 17.2 Å². The Bertz CT molecular complexity index is 952. The third kappa shape index (κ3) is 4.52. The van der Waals surface area contributed by atoms with Crippen molar-refractivity contribution in [1.29, 1.82) is 0 Å². The molecule has 0 aromatic heterocycles. The molecular formula is C20H18Cl2N2O5. The second-order valence-corrected chi connectivity index (χ2v) is 7.62. The normalized spacial score (nSPS) is 17.5. The van der Waals surface area contributed by atoms with Gasteiger partial charge in [-0.15, -0.1) is 0 Å². The Balaban J connectivity index is 1.27. The number of halogens is 2. The standard InChI is InChI=1S/C20H18Cl2N2O5/c21-13-1-3-16(15(22)6-13)27-10-19(25)23-8-12-5-20(26)24(9-12)14-2-4-17-18(7-14)29-11-28-17/h1-4,6-7,12H,5,8-11H2,(H,23,25)/t12-/m1/s1. The van der Waals surface area contributed by atoms with Crippen LogP contribution in [0.4, 0.5) is 5.69 Å². The molecule has 4 rings (SSSR count). The number of ether oxygens (including phenoxy) is 3. The second kappa shape index (κ2) is 8.39. The van der Waals surface area contributed by atoms with E-state index in [1.807, 2.05) is 6.07 Å². The monoisotopic (exact) mass is 436 g/mol. The highest BCUT2D eigenvalue weighted by Crippen LogP contribution is 2.37. The SMILES string of the molecule is O=C(COc1ccc(Cl)cc1Cl)NC[C@H]1CC(=O)N(c2ccc3c(c2)OCO3)C1. The number of hydrogen-bond donors (Lipinski definition) is 1. The fourth-order valence-corrected chi connectivity index (χ4v) is 3.73. The molecule has 9 heteroatoms. The lowest BCUT2D eigenvalue weighted by atomic mass is 10.1. The molecule has 152 valence electrons. The van der Waals surface area contributed by atoms with E-state index in [1.54, 1.807) is 35.2 Å². The molecule has 1 saturated heterocycles. The van der Waals surface area contributed by atoms with Crippen LogP contribution in [0.2, 0.25) is 10.0 Å². The highest BCUT2D eigenvalue weighted by atomic mass is 35.5. The van der Waals surface area contributed by atoms with E-state index in [4.69, 9.17) is 37.4 Å². The van der Waals surface area contributed by atoms with E-state index in [2.05, 4.69) is 5.32 Å². The maximum Gasteiger partial charge on any atom is 0.257 e. The fraction of sp³-hybridized carbons (Fsp3) is 0.300. The molecule has 7 nitrogen and oxygen atoms in total. The zero-order chi connectivity index (χ0) is 20.4. The zero-order valence-corrected chi connectivity index (χ0v) is 16.8. The number of amides is 2. The van der Waals surface area contributed by atoms with Gasteiger partial charge in [0, 0.05) is 42.2 Å². The maximum atomic E-state index is 12.4. The first-order valence-electron chi connectivity index (χ1n) is 9.04. The number of carbonyl (C=O) groups is 2. The Labute approximate surface area is 177 Å². The molecular weight excluding hydrogens is 419 g/mol. The molecule has 0 aliphatic carbocycles. The Morgan fingerprint density at radius 3 is 2.83 bits per heavy atom. The Morgan fingerprint density at radius 2 is 2.00 bits per heavy atom. The summed E-state index contributed by atoms with van der Waals surface area (Å²) < 4.78 is 16.1. The first-order valence-corrected chi connectivity index (χ1v) is 9.80. The van der Waals surface area contributed by atoms with Gasteiger partial charge in [-0.05, 0) is 30.3 Å². The number of anilines is 1. The van der Waals surface area contributed by atoms with Crippen LogP contribution in [-0.2, 0) is 9.59 Å². The van der Waals surface area contributed by atoms with Crippen LogP contribution in [0.15, 0.2) is 36.4 Å². The van der Waals surface area contributed by atoms with Gasteiger partial charge in [-0.25, -0.2) is 0 Å². The molecule has 2 aromatic carbocycles. The summed E-state index contributed by atoms with van der Waals surface area (Å²) in [4.78, 5) is 26.2. The van der Waals surface area contributed by atoms with Crippen molar-refractivity contribution in [2.45, 2.75) is 6.42 Å². The average Bonchev–Trinajstić information content (AvgIpc) is 3.31. The summed E-state index contributed by atoms with van der Waals surface area (Å²) in [5, 5.41) is 3.63. The molecule has 29 heavy (non-hydrogen) atoms. The molecule has 0 saturated carbocycles. The number of rotatable bonds is 6. The van der Waals surface area contributed by atoms with Crippen molar-refractivity contribution in [2.75, 3.05) is 31.4 Å². The molecule has 2 aromatic rings. The molecule has 0 unspecified atom stereocenters. The highest BCUT2D eigenvalue weighted by molar-refractivity contribution is 6.35. The Morgan fingerprint density at radius 1 is 1.17 bits per heavy atom. The van der Waals surface area contributed by atoms with E-state index >= 15 is 0 Å². The second-order valence-electron chi connectivity index (χ2n) is 6.78. The van der Waals surface area contributed by atoms with Gasteiger partial charge in [0.1, 0.15) is 5.75 Å². The number of nitrogens with one attached hydrogen (secondary N) is 1. The third-order valence-electron chi connectivity index (χ3n) is 4.71. The van der Waals surface area contributed by atoms with Crippen LogP contribution >= 0.6 is 23.2 Å². The van der Waals surface area contributed by atoms with Gasteiger partial charge in [0.2, 0.25) is 12.7 Å². The Kier molecular flexibility index (Phi) is 5.69. The maximum absolute atomic E-state index is 12.4. The quantitative estimate of drug-likeness (QED) is 0.751. The molecule has 0 spiro atoms. The minimum atomic E-state index is -0.287. The molecule has 0 radical (unpaired) electrons. The summed E-state index contributed by atoms with van der Waals surface area (Å²) in [6, 6.07) is 10.2. The number of hydrogen-bond acceptors (Lipinski definition) is 5. The lowest BCUT2D eigenvalue weighted by Crippen LogP contribution is -2.34. The van der Waals surface area contributed by atoms with E-state index in [9.17, 15) is 9.59 Å². The Hall–Kier alpha value is -2.64. The van der Waals surface area contributed by atoms with Crippen LogP contribution in [-0.4, -0.2) is 38.3 Å². The summed E-state index contributed by atoms with van der Waals surface area (Å²) >= 11 is 11.9. The van der Waals surface area contributed by atoms with E-state index in [0.29, 0.717) is 46.8 Å². The number of nitrogens with zero attached hydrogens (tertiary/aromatic N) is 1. The van der Waals surface area contributed by atoms with Gasteiger partial charge in [0.05, 0.1) is 5.02 Å². The number of carbonyl (C=O) groups excluding carboxylic acids is 2. The summed E-state index contributed by atoms with van der Waals surface area (Å²) in [6.45, 7) is 0.907. The van der Waals surface area contributed by atoms with Crippen LogP contribution < -0.4 is 24.4 Å². The number of benzene rings is 2. The van der Waals surface area contributed by atoms with Crippen LogP contribution in [0, 0.1) is 5.92 Å². The van der Waals surface area contributed by atoms with E-state index in [-0.39, 0.29) is 31.1 Å². The molecule has 2 aliphatic rings. The fourth-order valence-electron chi connectivity index (χ4n) is 3.27. The smallest absolute Gasteiger partial charge is 0.257 e. The van der Waals surface area contributed by atoms with Crippen molar-refractivity contribution in [2.24, 2.45) is 5.92 Å². The molecule has 1 fully saturated rings. The van der Waals surface area contributed by atoms with Crippen molar-refractivity contribution >= 4 is 40.7 Å². The molecule has 1 atom stereocenters. The van der Waals surface area contributed by atoms with Gasteiger partial charge in [-0.3, -0.25) is 9.59 Å². The molecule has 1 N–H and O–H groups in total. The van der Waals surface area contributed by atoms with Crippen molar-refractivity contribution in [3.63, 3.8) is 0 Å². The lowest BCUT2D eigenvalue weighted by molar-refractivity contribution is -0.123. The third-order valence-corrected chi connectivity index (χ3v) is 5.24. The van der Waals surface area contributed by atoms with Gasteiger partial charge in [-0.1, -0.05) is 23.2 Å². The van der Waals surface area contributed by atoms with Crippen molar-refractivity contribution in [3.05, 3.63) is 46.4 Å². The van der Waals surface area contributed by atoms with Crippen LogP contribution in [0.1, 0.15) is 6.42 Å². The van der Waals surface area contributed by atoms with Gasteiger partial charge in [0.25, 0.3) is 5.91 Å². The van der Waals surface area contributed by atoms with E-state index in [1.165, 1.54) is 0 Å². The van der Waals surface area contributed by atoms with Crippen LogP contribution in [0.3, 0.4) is 0 Å². The van der Waals surface area contributed by atoms with Crippen molar-refractivity contribution in [1.82, 2.24) is 5.32 Å². The molecule has 2 aliphatic heterocycles. The van der Waals surface area contributed by atoms with Gasteiger partial charge in [-0.2, -0.15) is 0 Å². The van der Waals surface area contributed by atoms with Crippen molar-refractivity contribution in [3.8, 4) is 17.2 Å². The summed E-state index contributed by atoms with van der Waals surface area (Å²) in [6.07, 6.45) is 0.360. The lowest BCUT2D eigenvalue weighted by Gasteiger charge is -2.17. The highest BCUT2D eigenvalue weighted by Gasteiger charge is 2.31. The predicted molar refractivity (Wildman–Crippen MR) is 108 cm³/mol.